The quantitative estimate of drug-likeness (QED) is 0.299. The third kappa shape index (κ3) is 7.91. The lowest BCUT2D eigenvalue weighted by atomic mass is 9.83. The van der Waals surface area contributed by atoms with Crippen molar-refractivity contribution in [1.82, 2.24) is 0 Å². The number of hydrogen-bond acceptors (Lipinski definition) is 3. The van der Waals surface area contributed by atoms with Crippen LogP contribution in [0.1, 0.15) is 121 Å². The minimum atomic E-state index is -0.0755. The lowest BCUT2D eigenvalue weighted by Crippen LogP contribution is -2.37. The van der Waals surface area contributed by atoms with Gasteiger partial charge in [0.2, 0.25) is 0 Å². The predicted molar refractivity (Wildman–Crippen MR) is 143 cm³/mol. The largest absolute Gasteiger partial charge is 0.487 e. The number of hydrogen-bond donors (Lipinski definition) is 1. The van der Waals surface area contributed by atoms with E-state index in [2.05, 4.69) is 55.4 Å². The number of fused-ring (bicyclic) bond motifs is 1. The van der Waals surface area contributed by atoms with Crippen molar-refractivity contribution in [1.29, 1.82) is 0 Å². The molecule has 0 saturated heterocycles. The minimum Gasteiger partial charge on any atom is -0.487 e. The first-order chi connectivity index (χ1) is 15.4. The van der Waals surface area contributed by atoms with Gasteiger partial charge < -0.3 is 4.74 Å². The summed E-state index contributed by atoms with van der Waals surface area (Å²) in [6, 6.07) is 0. The zero-order chi connectivity index (χ0) is 24.8. The van der Waals surface area contributed by atoms with Gasteiger partial charge in [-0.3, -0.25) is 10.3 Å². The molecule has 1 aliphatic rings. The van der Waals surface area contributed by atoms with E-state index in [1.165, 1.54) is 67.6 Å². The van der Waals surface area contributed by atoms with Crippen molar-refractivity contribution in [2.24, 2.45) is 17.8 Å². The van der Waals surface area contributed by atoms with Crippen LogP contribution in [-0.4, -0.2) is 17.9 Å². The van der Waals surface area contributed by atoms with E-state index in [0.29, 0.717) is 0 Å². The standard InChI is InChI=1S/C30H53NO2/c1-21(2)13-10-14-22(3)15-11-16-23(4)17-12-19-30(8)20-18-27-26(7)28(31(9)32)24(5)25(6)29(27)33-30/h21-23,32H,10-20H2,1-9H3/t22-,23-,30-/m1/s1. The Labute approximate surface area is 205 Å². The second-order valence-electron chi connectivity index (χ2n) is 12.0. The molecule has 0 spiro atoms. The summed E-state index contributed by atoms with van der Waals surface area (Å²) in [5, 5.41) is 11.4. The molecule has 3 nitrogen and oxygen atoms in total. The second-order valence-corrected chi connectivity index (χ2v) is 12.0. The number of nitrogens with zero attached hydrogens (tertiary/aromatic N) is 1. The minimum absolute atomic E-state index is 0.0755. The van der Waals surface area contributed by atoms with Crippen LogP contribution in [0, 0.1) is 38.5 Å². The van der Waals surface area contributed by atoms with Gasteiger partial charge in [0.15, 0.2) is 0 Å². The number of rotatable bonds is 13. The van der Waals surface area contributed by atoms with Gasteiger partial charge in [0.1, 0.15) is 11.4 Å². The van der Waals surface area contributed by atoms with Crippen LogP contribution in [0.2, 0.25) is 0 Å². The highest BCUT2D eigenvalue weighted by Gasteiger charge is 2.34. The van der Waals surface area contributed by atoms with Crippen molar-refractivity contribution in [3.05, 3.63) is 22.3 Å². The van der Waals surface area contributed by atoms with Crippen molar-refractivity contribution in [2.75, 3.05) is 12.1 Å². The number of benzene rings is 1. The Bertz CT molecular complexity index is 754. The fraction of sp³-hybridized carbons (Fsp3) is 0.800. The Hall–Kier alpha value is -1.22. The fourth-order valence-electron chi connectivity index (χ4n) is 5.76. The van der Waals surface area contributed by atoms with Crippen LogP contribution in [-0.2, 0) is 6.42 Å². The lowest BCUT2D eigenvalue weighted by Gasteiger charge is -2.39. The summed E-state index contributed by atoms with van der Waals surface area (Å²) in [6.07, 6.45) is 14.1. The van der Waals surface area contributed by atoms with Crippen molar-refractivity contribution >= 4 is 5.69 Å². The molecular weight excluding hydrogens is 406 g/mol. The molecule has 1 heterocycles. The van der Waals surface area contributed by atoms with E-state index in [9.17, 15) is 5.21 Å². The van der Waals surface area contributed by atoms with Crippen LogP contribution in [0.15, 0.2) is 0 Å². The van der Waals surface area contributed by atoms with E-state index >= 15 is 0 Å². The summed E-state index contributed by atoms with van der Waals surface area (Å²) < 4.78 is 6.70. The Kier molecular flexibility index (Phi) is 10.6. The summed E-state index contributed by atoms with van der Waals surface area (Å²) >= 11 is 0. The molecule has 33 heavy (non-hydrogen) atoms. The Balaban J connectivity index is 1.80. The van der Waals surface area contributed by atoms with Crippen LogP contribution >= 0.6 is 0 Å². The molecule has 1 aliphatic heterocycles. The van der Waals surface area contributed by atoms with Gasteiger partial charge in [0.25, 0.3) is 0 Å². The Morgan fingerprint density at radius 3 is 1.94 bits per heavy atom. The average Bonchev–Trinajstić information content (AvgIpc) is 2.71. The van der Waals surface area contributed by atoms with E-state index in [0.717, 1.165) is 59.6 Å². The molecule has 0 bridgehead atoms. The molecule has 0 saturated carbocycles. The second kappa shape index (κ2) is 12.5. The molecule has 0 fully saturated rings. The molecule has 3 atom stereocenters. The van der Waals surface area contributed by atoms with Gasteiger partial charge in [-0.15, -0.1) is 0 Å². The molecule has 0 unspecified atom stereocenters. The van der Waals surface area contributed by atoms with Gasteiger partial charge in [0, 0.05) is 7.05 Å². The highest BCUT2D eigenvalue weighted by Crippen LogP contribution is 2.44. The molecule has 0 amide bonds. The Morgan fingerprint density at radius 1 is 0.848 bits per heavy atom. The fourth-order valence-corrected chi connectivity index (χ4v) is 5.76. The van der Waals surface area contributed by atoms with Crippen LogP contribution in [0.5, 0.6) is 5.75 Å². The summed E-state index contributed by atoms with van der Waals surface area (Å²) in [5.41, 5.74) is 5.59. The maximum atomic E-state index is 10.1. The number of anilines is 1. The summed E-state index contributed by atoms with van der Waals surface area (Å²) in [7, 11) is 1.71. The van der Waals surface area contributed by atoms with Crippen LogP contribution in [0.3, 0.4) is 0 Å². The first-order valence-electron chi connectivity index (χ1n) is 13.7. The van der Waals surface area contributed by atoms with Gasteiger partial charge >= 0.3 is 0 Å². The smallest absolute Gasteiger partial charge is 0.126 e. The van der Waals surface area contributed by atoms with E-state index in [-0.39, 0.29) is 5.60 Å². The van der Waals surface area contributed by atoms with Crippen LogP contribution in [0.4, 0.5) is 5.69 Å². The predicted octanol–water partition coefficient (Wildman–Crippen LogP) is 8.96. The van der Waals surface area contributed by atoms with E-state index in [1.54, 1.807) is 7.05 Å². The molecule has 1 N–H and O–H groups in total. The van der Waals surface area contributed by atoms with E-state index in [1.807, 2.05) is 0 Å². The van der Waals surface area contributed by atoms with E-state index in [4.69, 9.17) is 4.74 Å². The van der Waals surface area contributed by atoms with Crippen molar-refractivity contribution in [3.8, 4) is 5.75 Å². The molecular formula is C30H53NO2. The summed E-state index contributed by atoms with van der Waals surface area (Å²) in [5.74, 6) is 3.61. The molecule has 0 radical (unpaired) electrons. The third-order valence-corrected chi connectivity index (χ3v) is 8.19. The van der Waals surface area contributed by atoms with Gasteiger partial charge in [-0.05, 0) is 93.4 Å². The zero-order valence-corrected chi connectivity index (χ0v) is 23.3. The highest BCUT2D eigenvalue weighted by atomic mass is 16.5. The van der Waals surface area contributed by atoms with Gasteiger partial charge in [-0.1, -0.05) is 72.6 Å². The van der Waals surface area contributed by atoms with Gasteiger partial charge in [0.05, 0.1) is 5.69 Å². The van der Waals surface area contributed by atoms with Crippen molar-refractivity contribution in [2.45, 2.75) is 132 Å². The van der Waals surface area contributed by atoms with Crippen molar-refractivity contribution in [3.63, 3.8) is 0 Å². The topological polar surface area (TPSA) is 32.7 Å². The lowest BCUT2D eigenvalue weighted by molar-refractivity contribution is 0.0513. The molecule has 1 aromatic rings. The molecule has 1 aromatic carbocycles. The molecule has 0 aliphatic carbocycles. The molecule has 0 aromatic heterocycles. The maximum Gasteiger partial charge on any atom is 0.126 e. The van der Waals surface area contributed by atoms with Crippen LogP contribution < -0.4 is 9.80 Å². The average molecular weight is 460 g/mol. The number of hydroxylamine groups is 1. The van der Waals surface area contributed by atoms with Gasteiger partial charge in [-0.25, -0.2) is 0 Å². The normalized spacial score (nSPS) is 19.8. The molecule has 2 rings (SSSR count). The third-order valence-electron chi connectivity index (χ3n) is 8.19. The Morgan fingerprint density at radius 2 is 1.39 bits per heavy atom. The monoisotopic (exact) mass is 459 g/mol. The SMILES string of the molecule is Cc1c(C)c(N(C)O)c(C)c2c1O[C@](C)(CCC[C@H](C)CCC[C@H](C)CCCC(C)C)CC2. The first kappa shape index (κ1) is 28.0. The van der Waals surface area contributed by atoms with Gasteiger partial charge in [-0.2, -0.15) is 0 Å². The van der Waals surface area contributed by atoms with Crippen molar-refractivity contribution < 1.29 is 9.94 Å². The first-order valence-corrected chi connectivity index (χ1v) is 13.7. The molecule has 3 heteroatoms. The summed E-state index contributed by atoms with van der Waals surface area (Å²) in [4.78, 5) is 0. The number of ether oxygens (including phenoxy) is 1. The van der Waals surface area contributed by atoms with E-state index < -0.39 is 0 Å². The zero-order valence-electron chi connectivity index (χ0n) is 23.3. The maximum absolute atomic E-state index is 10.1. The molecule has 190 valence electrons. The highest BCUT2D eigenvalue weighted by molar-refractivity contribution is 5.67. The van der Waals surface area contributed by atoms with Crippen LogP contribution in [0.25, 0.3) is 0 Å². The summed E-state index contributed by atoms with van der Waals surface area (Å²) in [6.45, 7) is 18.2.